The number of fused-ring (bicyclic) bond motifs is 1. The Morgan fingerprint density at radius 3 is 2.77 bits per heavy atom. The number of nitrogens with one attached hydrogen (secondary N) is 2. The second-order valence-corrected chi connectivity index (χ2v) is 7.60. The second-order valence-electron chi connectivity index (χ2n) is 6.66. The molecule has 0 aliphatic heterocycles. The molecule has 0 saturated carbocycles. The Bertz CT molecular complexity index is 1330. The lowest BCUT2D eigenvalue weighted by atomic mass is 10.1. The summed E-state index contributed by atoms with van der Waals surface area (Å²) in [5.74, 6) is 0.524. The number of thioether (sulfide) groups is 1. The molecule has 2 aromatic heterocycles. The number of hydrogen-bond acceptors (Lipinski definition) is 6. The zero-order valence-electron chi connectivity index (χ0n) is 16.4. The van der Waals surface area contributed by atoms with Gasteiger partial charge in [-0.2, -0.15) is 0 Å². The number of hydrogen-bond donors (Lipinski definition) is 2. The summed E-state index contributed by atoms with van der Waals surface area (Å²) in [6.07, 6.45) is 3.55. The topological polar surface area (TPSA) is 101 Å². The normalized spacial score (nSPS) is 11.3. The van der Waals surface area contributed by atoms with Crippen molar-refractivity contribution in [3.8, 4) is 0 Å². The summed E-state index contributed by atoms with van der Waals surface area (Å²) in [4.78, 5) is 27.6. The zero-order chi connectivity index (χ0) is 21.8. The van der Waals surface area contributed by atoms with Crippen LogP contribution in [-0.4, -0.2) is 21.1 Å². The fourth-order valence-electron chi connectivity index (χ4n) is 2.92. The average Bonchev–Trinajstić information content (AvgIpc) is 3.18. The molecule has 2 N–H and O–H groups in total. The molecule has 0 spiro atoms. The molecule has 1 amide bonds. The van der Waals surface area contributed by atoms with Gasteiger partial charge in [-0.05, 0) is 41.5 Å². The van der Waals surface area contributed by atoms with Crippen molar-refractivity contribution < 1.29 is 13.6 Å². The molecular weight excluding hydrogens is 419 g/mol. The first-order valence-electron chi connectivity index (χ1n) is 9.29. The van der Waals surface area contributed by atoms with E-state index in [-0.39, 0.29) is 11.7 Å². The van der Waals surface area contributed by atoms with Crippen LogP contribution in [0.25, 0.3) is 23.1 Å². The van der Waals surface area contributed by atoms with Gasteiger partial charge in [-0.1, -0.05) is 30.0 Å². The summed E-state index contributed by atoms with van der Waals surface area (Å²) >= 11 is 1.37. The molecule has 2 aromatic carbocycles. The highest BCUT2D eigenvalue weighted by atomic mass is 32.2. The highest BCUT2D eigenvalue weighted by Crippen LogP contribution is 2.26. The lowest BCUT2D eigenvalue weighted by Gasteiger charge is -2.06. The van der Waals surface area contributed by atoms with E-state index in [1.807, 2.05) is 0 Å². The highest BCUT2D eigenvalue weighted by molar-refractivity contribution is 7.98. The number of halogens is 1. The Labute approximate surface area is 180 Å². The largest absolute Gasteiger partial charge is 0.423 e. The van der Waals surface area contributed by atoms with Gasteiger partial charge >= 0.3 is 5.63 Å². The van der Waals surface area contributed by atoms with Gasteiger partial charge in [0, 0.05) is 35.9 Å². The van der Waals surface area contributed by atoms with Crippen LogP contribution in [0.2, 0.25) is 0 Å². The van der Waals surface area contributed by atoms with Gasteiger partial charge in [-0.25, -0.2) is 14.2 Å². The Morgan fingerprint density at radius 2 is 2.00 bits per heavy atom. The average molecular weight is 436 g/mol. The van der Waals surface area contributed by atoms with Crippen molar-refractivity contribution in [1.29, 1.82) is 0 Å². The van der Waals surface area contributed by atoms with E-state index in [2.05, 4.69) is 20.5 Å². The maximum atomic E-state index is 13.0. The van der Waals surface area contributed by atoms with Crippen molar-refractivity contribution in [2.24, 2.45) is 0 Å². The molecule has 0 fully saturated rings. The Balaban J connectivity index is 1.48. The molecule has 0 bridgehead atoms. The first-order valence-corrected chi connectivity index (χ1v) is 10.3. The van der Waals surface area contributed by atoms with Crippen LogP contribution in [0.1, 0.15) is 23.9 Å². The van der Waals surface area contributed by atoms with E-state index in [1.165, 1.54) is 36.9 Å². The van der Waals surface area contributed by atoms with Crippen molar-refractivity contribution in [3.05, 3.63) is 81.7 Å². The predicted molar refractivity (Wildman–Crippen MR) is 118 cm³/mol. The van der Waals surface area contributed by atoms with E-state index in [1.54, 1.807) is 42.5 Å². The zero-order valence-corrected chi connectivity index (χ0v) is 17.2. The number of benzene rings is 2. The van der Waals surface area contributed by atoms with Gasteiger partial charge in [0.25, 0.3) is 0 Å². The minimum Gasteiger partial charge on any atom is -0.423 e. The van der Waals surface area contributed by atoms with Crippen LogP contribution in [0.5, 0.6) is 0 Å². The molecule has 7 nitrogen and oxygen atoms in total. The van der Waals surface area contributed by atoms with Crippen molar-refractivity contribution in [2.75, 3.05) is 5.32 Å². The number of rotatable bonds is 6. The molecule has 0 aliphatic rings. The van der Waals surface area contributed by atoms with Crippen LogP contribution in [-0.2, 0) is 10.5 Å². The summed E-state index contributed by atoms with van der Waals surface area (Å²) in [7, 11) is 0. The van der Waals surface area contributed by atoms with E-state index < -0.39 is 5.63 Å². The van der Waals surface area contributed by atoms with Crippen molar-refractivity contribution >= 4 is 46.5 Å². The molecule has 4 aromatic rings. The predicted octanol–water partition coefficient (Wildman–Crippen LogP) is 4.47. The molecule has 0 radical (unpaired) electrons. The monoisotopic (exact) mass is 436 g/mol. The summed E-state index contributed by atoms with van der Waals surface area (Å²) < 4.78 is 18.2. The van der Waals surface area contributed by atoms with Crippen LogP contribution in [0.4, 0.5) is 10.1 Å². The van der Waals surface area contributed by atoms with Crippen LogP contribution in [0, 0.1) is 5.82 Å². The van der Waals surface area contributed by atoms with Gasteiger partial charge in [-0.3, -0.25) is 9.89 Å². The van der Waals surface area contributed by atoms with Crippen LogP contribution < -0.4 is 10.9 Å². The smallest absolute Gasteiger partial charge is 0.336 e. The molecular formula is C22H17FN4O3S. The molecule has 0 atom stereocenters. The maximum absolute atomic E-state index is 13.0. The van der Waals surface area contributed by atoms with Crippen LogP contribution >= 0.6 is 11.8 Å². The second kappa shape index (κ2) is 8.97. The summed E-state index contributed by atoms with van der Waals surface area (Å²) in [6.45, 7) is 1.41. The molecule has 9 heteroatoms. The SMILES string of the molecule is CC(=O)Nc1ccc2c(CSc3n[nH]c(/C=C/c4ccc(F)cc4)n3)cc(=O)oc2c1. The summed E-state index contributed by atoms with van der Waals surface area (Å²) in [5.41, 5.74) is 2.10. The fraction of sp³-hybridized carbons (Fsp3) is 0.0909. The van der Waals surface area contributed by atoms with Crippen LogP contribution in [0.15, 0.2) is 62.9 Å². The van der Waals surface area contributed by atoms with Gasteiger partial charge < -0.3 is 9.73 Å². The van der Waals surface area contributed by atoms with Gasteiger partial charge in [0.2, 0.25) is 11.1 Å². The Kier molecular flexibility index (Phi) is 5.94. The fourth-order valence-corrected chi connectivity index (χ4v) is 3.72. The van der Waals surface area contributed by atoms with Crippen molar-refractivity contribution in [2.45, 2.75) is 17.8 Å². The first kappa shape index (κ1) is 20.5. The van der Waals surface area contributed by atoms with Crippen LogP contribution in [0.3, 0.4) is 0 Å². The number of carbonyl (C=O) groups is 1. The lowest BCUT2D eigenvalue weighted by Crippen LogP contribution is -2.06. The number of nitrogens with zero attached hydrogens (tertiary/aromatic N) is 2. The van der Waals surface area contributed by atoms with Gasteiger partial charge in [0.1, 0.15) is 17.2 Å². The number of carbonyl (C=O) groups excluding carboxylic acids is 1. The van der Waals surface area contributed by atoms with E-state index in [0.717, 1.165) is 16.5 Å². The minimum atomic E-state index is -0.471. The van der Waals surface area contributed by atoms with E-state index >= 15 is 0 Å². The molecule has 4 rings (SSSR count). The Hall–Kier alpha value is -3.72. The van der Waals surface area contributed by atoms with E-state index in [4.69, 9.17) is 4.42 Å². The highest BCUT2D eigenvalue weighted by Gasteiger charge is 2.10. The third kappa shape index (κ3) is 5.26. The maximum Gasteiger partial charge on any atom is 0.336 e. The van der Waals surface area contributed by atoms with Crippen molar-refractivity contribution in [1.82, 2.24) is 15.2 Å². The number of anilines is 1. The summed E-state index contributed by atoms with van der Waals surface area (Å²) in [6, 6.07) is 12.7. The number of aromatic amines is 1. The number of amides is 1. The molecule has 0 saturated heterocycles. The van der Waals surface area contributed by atoms with Crippen molar-refractivity contribution in [3.63, 3.8) is 0 Å². The van der Waals surface area contributed by atoms with Gasteiger partial charge in [-0.15, -0.1) is 5.10 Å². The minimum absolute atomic E-state index is 0.206. The lowest BCUT2D eigenvalue weighted by molar-refractivity contribution is -0.114. The molecule has 0 aliphatic carbocycles. The third-order valence-electron chi connectivity index (χ3n) is 4.29. The molecule has 156 valence electrons. The van der Waals surface area contributed by atoms with E-state index in [9.17, 15) is 14.0 Å². The Morgan fingerprint density at radius 1 is 1.19 bits per heavy atom. The van der Waals surface area contributed by atoms with E-state index in [0.29, 0.717) is 28.0 Å². The number of aromatic nitrogens is 3. The molecule has 2 heterocycles. The standard InChI is InChI=1S/C22H17FN4O3S/c1-13(28)24-17-7-8-18-15(10-21(29)30-19(18)11-17)12-31-22-25-20(26-27-22)9-4-14-2-5-16(23)6-3-14/h2-11H,12H2,1H3,(H,24,28)(H,25,26,27)/b9-4+. The quantitative estimate of drug-likeness (QED) is 0.342. The van der Waals surface area contributed by atoms with Gasteiger partial charge in [0.15, 0.2) is 0 Å². The van der Waals surface area contributed by atoms with Gasteiger partial charge in [0.05, 0.1) is 0 Å². The first-order chi connectivity index (χ1) is 15.0. The molecule has 0 unspecified atom stereocenters. The number of H-pyrrole nitrogens is 1. The third-order valence-corrected chi connectivity index (χ3v) is 5.19. The summed E-state index contributed by atoms with van der Waals surface area (Å²) in [5, 5.41) is 11.0. The molecule has 31 heavy (non-hydrogen) atoms.